The lowest BCUT2D eigenvalue weighted by atomic mass is 10.1. The van der Waals surface area contributed by atoms with Crippen molar-refractivity contribution in [1.82, 2.24) is 14.9 Å². The number of benzene rings is 1. The summed E-state index contributed by atoms with van der Waals surface area (Å²) in [6, 6.07) is 5.88. The zero-order valence-corrected chi connectivity index (χ0v) is 12.5. The van der Waals surface area contributed by atoms with Crippen LogP contribution >= 0.6 is 0 Å². The lowest BCUT2D eigenvalue weighted by Crippen LogP contribution is -2.20. The average Bonchev–Trinajstić information content (AvgIpc) is 2.87. The summed E-state index contributed by atoms with van der Waals surface area (Å²) in [7, 11) is 0. The minimum Gasteiger partial charge on any atom is -0.331 e. The van der Waals surface area contributed by atoms with Crippen LogP contribution in [-0.4, -0.2) is 9.55 Å². The summed E-state index contributed by atoms with van der Waals surface area (Å²) in [5.41, 5.74) is 2.78. The molecule has 108 valence electrons. The van der Waals surface area contributed by atoms with Crippen molar-refractivity contribution in [3.05, 3.63) is 53.4 Å². The first-order chi connectivity index (χ1) is 9.49. The molecule has 20 heavy (non-hydrogen) atoms. The highest BCUT2D eigenvalue weighted by atomic mass is 19.1. The van der Waals surface area contributed by atoms with Gasteiger partial charge in [0.2, 0.25) is 0 Å². The van der Waals surface area contributed by atoms with Crippen molar-refractivity contribution in [2.75, 3.05) is 0 Å². The minimum atomic E-state index is -0.150. The Hall–Kier alpha value is -1.68. The molecule has 0 spiro atoms. The molecule has 1 heterocycles. The number of nitrogens with one attached hydrogen (secondary N) is 1. The van der Waals surface area contributed by atoms with E-state index in [1.54, 1.807) is 13.0 Å². The summed E-state index contributed by atoms with van der Waals surface area (Å²) in [5.74, 6) is -0.150. The van der Waals surface area contributed by atoms with Gasteiger partial charge in [0.1, 0.15) is 5.82 Å². The van der Waals surface area contributed by atoms with E-state index < -0.39 is 0 Å². The van der Waals surface area contributed by atoms with E-state index in [2.05, 4.69) is 28.7 Å². The Bertz CT molecular complexity index is 575. The molecule has 0 aliphatic rings. The lowest BCUT2D eigenvalue weighted by molar-refractivity contribution is 0.516. The molecule has 1 aromatic carbocycles. The topological polar surface area (TPSA) is 29.9 Å². The first-order valence-electron chi connectivity index (χ1n) is 6.99. The van der Waals surface area contributed by atoms with Crippen molar-refractivity contribution < 1.29 is 4.39 Å². The molecule has 1 unspecified atom stereocenters. The molecule has 0 radical (unpaired) electrons. The summed E-state index contributed by atoms with van der Waals surface area (Å²) >= 11 is 0. The second kappa shape index (κ2) is 6.18. The van der Waals surface area contributed by atoms with Gasteiger partial charge >= 0.3 is 0 Å². The van der Waals surface area contributed by atoms with E-state index in [1.807, 2.05) is 31.6 Å². The highest BCUT2D eigenvalue weighted by Crippen LogP contribution is 2.17. The third-order valence-corrected chi connectivity index (χ3v) is 3.59. The predicted molar refractivity (Wildman–Crippen MR) is 79.0 cm³/mol. The summed E-state index contributed by atoms with van der Waals surface area (Å²) < 4.78 is 15.7. The number of halogens is 1. The molecule has 0 amide bonds. The number of imidazole rings is 1. The van der Waals surface area contributed by atoms with Gasteiger partial charge in [0.25, 0.3) is 0 Å². The van der Waals surface area contributed by atoms with E-state index in [0.29, 0.717) is 11.6 Å². The smallest absolute Gasteiger partial charge is 0.126 e. The van der Waals surface area contributed by atoms with Gasteiger partial charge in [-0.1, -0.05) is 12.1 Å². The molecule has 1 atom stereocenters. The molecule has 2 aromatic rings. The van der Waals surface area contributed by atoms with Gasteiger partial charge in [-0.05, 0) is 44.9 Å². The highest BCUT2D eigenvalue weighted by Gasteiger charge is 2.10. The molecule has 4 heteroatoms. The maximum absolute atomic E-state index is 13.6. The van der Waals surface area contributed by atoms with Gasteiger partial charge in [-0.25, -0.2) is 9.37 Å². The molecular formula is C16H22FN3. The van der Waals surface area contributed by atoms with E-state index in [-0.39, 0.29) is 11.9 Å². The molecule has 1 N–H and O–H groups in total. The quantitative estimate of drug-likeness (QED) is 0.900. The zero-order chi connectivity index (χ0) is 14.7. The number of nitrogens with zero attached hydrogens (tertiary/aromatic N) is 2. The van der Waals surface area contributed by atoms with Crippen LogP contribution in [0.5, 0.6) is 0 Å². The Labute approximate surface area is 119 Å². The Morgan fingerprint density at radius 2 is 2.05 bits per heavy atom. The second-order valence-corrected chi connectivity index (χ2v) is 5.50. The van der Waals surface area contributed by atoms with Crippen LogP contribution in [0.2, 0.25) is 0 Å². The molecule has 2 rings (SSSR count). The molecule has 0 aliphatic heterocycles. The van der Waals surface area contributed by atoms with Crippen molar-refractivity contribution in [3.8, 4) is 0 Å². The van der Waals surface area contributed by atoms with E-state index in [9.17, 15) is 4.39 Å². The molecule has 0 fully saturated rings. The normalized spacial score (nSPS) is 12.9. The Morgan fingerprint density at radius 3 is 2.70 bits per heavy atom. The van der Waals surface area contributed by atoms with Crippen molar-refractivity contribution in [2.24, 2.45) is 0 Å². The van der Waals surface area contributed by atoms with Gasteiger partial charge in [-0.2, -0.15) is 0 Å². The first-order valence-corrected chi connectivity index (χ1v) is 6.99. The summed E-state index contributed by atoms with van der Waals surface area (Å²) in [6.45, 7) is 8.79. The van der Waals surface area contributed by atoms with Crippen LogP contribution in [0.3, 0.4) is 0 Å². The van der Waals surface area contributed by atoms with Crippen molar-refractivity contribution >= 4 is 0 Å². The molecule has 0 bridgehead atoms. The first kappa shape index (κ1) is 14.7. The SMILES string of the molecule is Cc1ccc(C(C)NCc2cncn2C(C)C)cc1F. The van der Waals surface area contributed by atoms with Gasteiger partial charge in [-0.3, -0.25) is 0 Å². The lowest BCUT2D eigenvalue weighted by Gasteiger charge is -2.17. The summed E-state index contributed by atoms with van der Waals surface area (Å²) in [4.78, 5) is 4.18. The molecule has 0 saturated carbocycles. The van der Waals surface area contributed by atoms with E-state index in [0.717, 1.165) is 17.8 Å². The third kappa shape index (κ3) is 3.25. The third-order valence-electron chi connectivity index (χ3n) is 3.59. The van der Waals surface area contributed by atoms with Gasteiger partial charge in [0.05, 0.1) is 12.0 Å². The Morgan fingerprint density at radius 1 is 1.30 bits per heavy atom. The Balaban J connectivity index is 2.03. The standard InChI is InChI=1S/C16H22FN3/c1-11(2)20-10-18-8-15(20)9-19-13(4)14-6-5-12(3)16(17)7-14/h5-8,10-11,13,19H,9H2,1-4H3. The largest absolute Gasteiger partial charge is 0.331 e. The fourth-order valence-electron chi connectivity index (χ4n) is 2.19. The van der Waals surface area contributed by atoms with Crippen LogP contribution in [0.25, 0.3) is 0 Å². The molecular weight excluding hydrogens is 253 g/mol. The Kier molecular flexibility index (Phi) is 4.55. The fourth-order valence-corrected chi connectivity index (χ4v) is 2.19. The van der Waals surface area contributed by atoms with Crippen LogP contribution < -0.4 is 5.32 Å². The fraction of sp³-hybridized carbons (Fsp3) is 0.438. The summed E-state index contributed by atoms with van der Waals surface area (Å²) in [6.07, 6.45) is 3.72. The van der Waals surface area contributed by atoms with Gasteiger partial charge in [-0.15, -0.1) is 0 Å². The molecule has 0 saturated heterocycles. The van der Waals surface area contributed by atoms with Crippen molar-refractivity contribution in [3.63, 3.8) is 0 Å². The van der Waals surface area contributed by atoms with E-state index in [4.69, 9.17) is 0 Å². The van der Waals surface area contributed by atoms with Gasteiger partial charge < -0.3 is 9.88 Å². The van der Waals surface area contributed by atoms with Crippen molar-refractivity contribution in [2.45, 2.75) is 46.3 Å². The van der Waals surface area contributed by atoms with Crippen LogP contribution in [0, 0.1) is 12.7 Å². The van der Waals surface area contributed by atoms with E-state index >= 15 is 0 Å². The second-order valence-electron chi connectivity index (χ2n) is 5.50. The molecule has 3 nitrogen and oxygen atoms in total. The van der Waals surface area contributed by atoms with Crippen LogP contribution in [0.15, 0.2) is 30.7 Å². The summed E-state index contributed by atoms with van der Waals surface area (Å²) in [5, 5.41) is 3.42. The predicted octanol–water partition coefficient (Wildman–Crippen LogP) is 3.76. The van der Waals surface area contributed by atoms with Crippen LogP contribution in [0.4, 0.5) is 4.39 Å². The van der Waals surface area contributed by atoms with Crippen LogP contribution in [-0.2, 0) is 6.54 Å². The highest BCUT2D eigenvalue weighted by molar-refractivity contribution is 5.25. The molecule has 0 aliphatic carbocycles. The maximum Gasteiger partial charge on any atom is 0.126 e. The number of hydrogen-bond acceptors (Lipinski definition) is 2. The average molecular weight is 275 g/mol. The zero-order valence-electron chi connectivity index (χ0n) is 12.5. The molecule has 1 aromatic heterocycles. The minimum absolute atomic E-state index is 0.0978. The van der Waals surface area contributed by atoms with Gasteiger partial charge in [0, 0.05) is 24.8 Å². The number of aromatic nitrogens is 2. The number of aryl methyl sites for hydroxylation is 1. The van der Waals surface area contributed by atoms with E-state index in [1.165, 1.54) is 0 Å². The van der Waals surface area contributed by atoms with Gasteiger partial charge in [0.15, 0.2) is 0 Å². The number of hydrogen-bond donors (Lipinski definition) is 1. The van der Waals surface area contributed by atoms with Crippen LogP contribution in [0.1, 0.15) is 49.7 Å². The van der Waals surface area contributed by atoms with Crippen molar-refractivity contribution in [1.29, 1.82) is 0 Å². The monoisotopic (exact) mass is 275 g/mol. The number of rotatable bonds is 5. The maximum atomic E-state index is 13.6.